The highest BCUT2D eigenvalue weighted by atomic mass is 16.5. The van der Waals surface area contributed by atoms with Crippen molar-refractivity contribution in [2.24, 2.45) is 0 Å². The molecule has 12 heteroatoms. The summed E-state index contributed by atoms with van der Waals surface area (Å²) >= 11 is 0. The number of methoxy groups -OCH3 is 1. The molecule has 260 valence electrons. The highest BCUT2D eigenvalue weighted by Gasteiger charge is 2.15. The molecule has 0 N–H and O–H groups in total. The largest absolute Gasteiger partial charge is 0.494 e. The molecule has 0 unspecified atom stereocenters. The molecule has 0 aliphatic rings. The van der Waals surface area contributed by atoms with Gasteiger partial charge in [0.1, 0.15) is 17.2 Å². The number of unbranched alkanes of at least 4 members (excludes halogenated alkanes) is 2. The molecule has 0 amide bonds. The van der Waals surface area contributed by atoms with E-state index in [4.69, 9.17) is 39.7 Å². The van der Waals surface area contributed by atoms with E-state index in [0.717, 1.165) is 12.2 Å². The summed E-state index contributed by atoms with van der Waals surface area (Å²) < 4.78 is 37.4. The minimum Gasteiger partial charge on any atom is -0.494 e. The molecule has 3 aromatic rings. The van der Waals surface area contributed by atoms with E-state index in [-0.39, 0.29) is 30.4 Å². The minimum atomic E-state index is -0.875. The maximum absolute atomic E-state index is 12.8. The van der Waals surface area contributed by atoms with Crippen LogP contribution in [0.4, 0.5) is 0 Å². The van der Waals surface area contributed by atoms with Gasteiger partial charge in [-0.05, 0) is 98.0 Å². The van der Waals surface area contributed by atoms with E-state index in [1.54, 1.807) is 42.5 Å². The summed E-state index contributed by atoms with van der Waals surface area (Å²) in [6.07, 6.45) is 6.15. The number of carbonyl (C=O) groups excluding carboxylic acids is 4. The van der Waals surface area contributed by atoms with Gasteiger partial charge in [0.15, 0.2) is 11.5 Å². The topological polar surface area (TPSA) is 137 Å². The number of ether oxygens (including phenoxy) is 7. The zero-order chi connectivity index (χ0) is 36.1. The summed E-state index contributed by atoms with van der Waals surface area (Å²) in [5.74, 6) is -0.593. The average Bonchev–Trinajstić information content (AvgIpc) is 3.14. The van der Waals surface area contributed by atoms with E-state index >= 15 is 0 Å². The van der Waals surface area contributed by atoms with Gasteiger partial charge in [-0.2, -0.15) is 0 Å². The molecule has 12 nitrogen and oxygen atoms in total. The fourth-order valence-corrected chi connectivity index (χ4v) is 4.02. The molecule has 0 aliphatic heterocycles. The van der Waals surface area contributed by atoms with E-state index in [1.165, 1.54) is 37.5 Å². The molecular formula is C38H37NO11. The molecule has 0 saturated carbocycles. The van der Waals surface area contributed by atoms with Crippen LogP contribution in [0, 0.1) is 6.57 Å². The molecule has 0 aliphatic carbocycles. The first kappa shape index (κ1) is 38.1. The van der Waals surface area contributed by atoms with Gasteiger partial charge in [-0.1, -0.05) is 19.2 Å². The van der Waals surface area contributed by atoms with Gasteiger partial charge < -0.3 is 33.2 Å². The third kappa shape index (κ3) is 13.0. The highest BCUT2D eigenvalue weighted by molar-refractivity contribution is 5.97. The van der Waals surface area contributed by atoms with Crippen LogP contribution in [-0.4, -0.2) is 57.4 Å². The number of hydrogen-bond acceptors (Lipinski definition) is 11. The number of nitrogens with zero attached hydrogens (tertiary/aromatic N) is 1. The van der Waals surface area contributed by atoms with Crippen LogP contribution in [0.5, 0.6) is 28.7 Å². The Morgan fingerprint density at radius 1 is 0.680 bits per heavy atom. The highest BCUT2D eigenvalue weighted by Crippen LogP contribution is 2.29. The van der Waals surface area contributed by atoms with Gasteiger partial charge in [-0.3, -0.25) is 4.79 Å². The van der Waals surface area contributed by atoms with Crippen molar-refractivity contribution in [3.63, 3.8) is 0 Å². The van der Waals surface area contributed by atoms with Gasteiger partial charge in [0, 0.05) is 12.2 Å². The van der Waals surface area contributed by atoms with Gasteiger partial charge in [0.2, 0.25) is 0 Å². The fraction of sp³-hybridized carbons (Fsp3) is 0.237. The first-order chi connectivity index (χ1) is 24.3. The fourth-order valence-electron chi connectivity index (χ4n) is 4.02. The van der Waals surface area contributed by atoms with Gasteiger partial charge in [-0.25, -0.2) is 19.2 Å². The Balaban J connectivity index is 1.48. The van der Waals surface area contributed by atoms with E-state index in [2.05, 4.69) is 18.0 Å². The monoisotopic (exact) mass is 683 g/mol. The van der Waals surface area contributed by atoms with Gasteiger partial charge in [-0.15, -0.1) is 0 Å². The molecule has 0 radical (unpaired) electrons. The van der Waals surface area contributed by atoms with Crippen molar-refractivity contribution < 1.29 is 52.3 Å². The predicted octanol–water partition coefficient (Wildman–Crippen LogP) is 6.56. The lowest BCUT2D eigenvalue weighted by molar-refractivity contribution is -0.138. The van der Waals surface area contributed by atoms with Crippen molar-refractivity contribution in [2.45, 2.75) is 25.7 Å². The number of carbonyl (C=O) groups is 4. The molecule has 0 bridgehead atoms. The summed E-state index contributed by atoms with van der Waals surface area (Å²) in [5.41, 5.74) is 0.543. The summed E-state index contributed by atoms with van der Waals surface area (Å²) in [4.78, 5) is 50.8. The van der Waals surface area contributed by atoms with Crippen molar-refractivity contribution in [2.75, 3.05) is 33.5 Å². The lowest BCUT2D eigenvalue weighted by atomic mass is 10.1. The van der Waals surface area contributed by atoms with Crippen LogP contribution >= 0.6 is 0 Å². The Hall–Kier alpha value is -6.35. The molecule has 0 aromatic heterocycles. The number of esters is 4. The van der Waals surface area contributed by atoms with E-state index in [1.807, 2.05) is 0 Å². The second-order valence-corrected chi connectivity index (χ2v) is 10.2. The Bertz CT molecular complexity index is 1700. The van der Waals surface area contributed by atoms with Crippen molar-refractivity contribution in [1.29, 1.82) is 0 Å². The first-order valence-electron chi connectivity index (χ1n) is 15.5. The van der Waals surface area contributed by atoms with E-state index < -0.39 is 23.9 Å². The maximum atomic E-state index is 12.8. The van der Waals surface area contributed by atoms with Gasteiger partial charge >= 0.3 is 23.9 Å². The van der Waals surface area contributed by atoms with Crippen LogP contribution < -0.4 is 23.7 Å². The third-order valence-electron chi connectivity index (χ3n) is 6.58. The van der Waals surface area contributed by atoms with Crippen molar-refractivity contribution in [1.82, 2.24) is 0 Å². The van der Waals surface area contributed by atoms with Crippen LogP contribution in [0.15, 0.2) is 97.7 Å². The van der Waals surface area contributed by atoms with Gasteiger partial charge in [0.25, 0.3) is 5.70 Å². The molecule has 0 heterocycles. The molecule has 0 saturated heterocycles. The minimum absolute atomic E-state index is 0.144. The van der Waals surface area contributed by atoms with Crippen LogP contribution in [0.3, 0.4) is 0 Å². The first-order valence-corrected chi connectivity index (χ1v) is 15.5. The van der Waals surface area contributed by atoms with Crippen LogP contribution in [0.2, 0.25) is 0 Å². The molecule has 0 spiro atoms. The number of benzene rings is 3. The smallest absolute Gasteiger partial charge is 0.343 e. The zero-order valence-electron chi connectivity index (χ0n) is 27.6. The molecule has 50 heavy (non-hydrogen) atoms. The second kappa shape index (κ2) is 20.8. The summed E-state index contributed by atoms with van der Waals surface area (Å²) in [6, 6.07) is 17.2. The quantitative estimate of drug-likeness (QED) is 0.0421. The van der Waals surface area contributed by atoms with Crippen molar-refractivity contribution >= 4 is 30.0 Å². The van der Waals surface area contributed by atoms with Crippen LogP contribution in [0.25, 0.3) is 10.9 Å². The normalized spacial score (nSPS) is 10.5. The molecule has 3 rings (SSSR count). The summed E-state index contributed by atoms with van der Waals surface area (Å²) in [6.45, 7) is 15.5. The van der Waals surface area contributed by atoms with Crippen LogP contribution in [0.1, 0.15) is 41.6 Å². The van der Waals surface area contributed by atoms with Crippen molar-refractivity contribution in [3.8, 4) is 28.7 Å². The molecule has 3 aromatic carbocycles. The standard InChI is InChI=1S/C38H37NO11/c1-5-35(40)47-23-9-7-21-45-29-14-12-28(13-15-29)37(42)49-30-16-18-31(19-17-30)50-38(43)32(39-3)25-27-11-20-33(34(26-27)44-4)46-22-8-10-24-48-36(41)6-2/h5-6,11-20,25-26H,1-2,7-10,21-24H2,4H3/b32-25-. The Labute approximate surface area is 290 Å². The summed E-state index contributed by atoms with van der Waals surface area (Å²) in [5, 5.41) is 0. The number of hydrogen-bond donors (Lipinski definition) is 0. The van der Waals surface area contributed by atoms with E-state index in [0.29, 0.717) is 67.3 Å². The lowest BCUT2D eigenvalue weighted by Gasteiger charge is -2.11. The molecule has 0 atom stereocenters. The second-order valence-electron chi connectivity index (χ2n) is 10.2. The SMILES string of the molecule is [C-]#[N+]/C(=C\c1ccc(OCCCCOC(=O)C=C)c(OC)c1)C(=O)Oc1ccc(OC(=O)c2ccc(OCCCCOC(=O)C=C)cc2)cc1. The Kier molecular flexibility index (Phi) is 15.8. The van der Waals surface area contributed by atoms with E-state index in [9.17, 15) is 19.2 Å². The zero-order valence-corrected chi connectivity index (χ0v) is 27.6. The van der Waals surface area contributed by atoms with Gasteiger partial charge in [0.05, 0.1) is 45.7 Å². The number of rotatable bonds is 20. The van der Waals surface area contributed by atoms with Crippen molar-refractivity contribution in [3.05, 3.63) is 120 Å². The average molecular weight is 684 g/mol. The Morgan fingerprint density at radius 2 is 1.22 bits per heavy atom. The molecule has 0 fully saturated rings. The molecular weight excluding hydrogens is 646 g/mol. The third-order valence-corrected chi connectivity index (χ3v) is 6.58. The lowest BCUT2D eigenvalue weighted by Crippen LogP contribution is -2.10. The Morgan fingerprint density at radius 3 is 1.78 bits per heavy atom. The summed E-state index contributed by atoms with van der Waals surface area (Å²) in [7, 11) is 1.47. The predicted molar refractivity (Wildman–Crippen MR) is 183 cm³/mol. The van der Waals surface area contributed by atoms with Crippen LogP contribution in [-0.2, 0) is 23.9 Å². The maximum Gasteiger partial charge on any atom is 0.343 e.